The van der Waals surface area contributed by atoms with Gasteiger partial charge in [-0.2, -0.15) is 0 Å². The van der Waals surface area contributed by atoms with Crippen LogP contribution in [0.15, 0.2) is 24.3 Å². The van der Waals surface area contributed by atoms with Crippen molar-refractivity contribution in [2.24, 2.45) is 5.92 Å². The fourth-order valence-electron chi connectivity index (χ4n) is 2.55. The predicted octanol–water partition coefficient (Wildman–Crippen LogP) is 2.38. The Labute approximate surface area is 129 Å². The molecule has 1 aromatic rings. The fourth-order valence-corrected chi connectivity index (χ4v) is 2.55. The van der Waals surface area contributed by atoms with Crippen LogP contribution in [0.25, 0.3) is 0 Å². The topological polar surface area (TPSA) is 45.7 Å². The average Bonchev–Trinajstić information content (AvgIpc) is 2.42. The highest BCUT2D eigenvalue weighted by molar-refractivity contribution is 5.79. The lowest BCUT2D eigenvalue weighted by molar-refractivity contribution is -0.719. The molecule has 3 heteroatoms. The molecule has 1 amide bonds. The molecule has 0 aliphatic rings. The summed E-state index contributed by atoms with van der Waals surface area (Å²) in [5.74, 6) is 0.546. The van der Waals surface area contributed by atoms with Gasteiger partial charge in [-0.1, -0.05) is 58.9 Å². The summed E-state index contributed by atoms with van der Waals surface area (Å²) in [6.45, 7) is 13.0. The molecular weight excluding hydrogens is 260 g/mol. The first-order valence-electron chi connectivity index (χ1n) is 7.83. The van der Waals surface area contributed by atoms with Gasteiger partial charge in [-0.25, -0.2) is 0 Å². The van der Waals surface area contributed by atoms with E-state index in [1.165, 1.54) is 11.1 Å². The van der Waals surface area contributed by atoms with Crippen LogP contribution < -0.4 is 10.6 Å². The largest absolute Gasteiger partial charge is 0.354 e. The molecule has 0 fully saturated rings. The van der Waals surface area contributed by atoms with Crippen LogP contribution >= 0.6 is 0 Å². The summed E-state index contributed by atoms with van der Waals surface area (Å²) >= 11 is 0. The minimum absolute atomic E-state index is 0.0759. The molecule has 0 unspecified atom stereocenters. The number of carbonyl (C=O) groups excluding carboxylic acids is 1. The summed E-state index contributed by atoms with van der Waals surface area (Å²) in [4.78, 5) is 11.7. The number of carbonyl (C=O) groups is 1. The van der Waals surface area contributed by atoms with E-state index in [0.29, 0.717) is 12.0 Å². The van der Waals surface area contributed by atoms with Gasteiger partial charge in [0.1, 0.15) is 6.04 Å². The molecule has 0 radical (unpaired) electrons. The van der Waals surface area contributed by atoms with Gasteiger partial charge in [0.25, 0.3) is 5.91 Å². The fraction of sp³-hybridized carbons (Fsp3) is 0.611. The van der Waals surface area contributed by atoms with Gasteiger partial charge in [-0.15, -0.1) is 0 Å². The van der Waals surface area contributed by atoms with E-state index in [1.54, 1.807) is 7.05 Å². The van der Waals surface area contributed by atoms with Crippen molar-refractivity contribution in [3.8, 4) is 0 Å². The van der Waals surface area contributed by atoms with E-state index in [1.807, 2.05) is 6.92 Å². The number of amides is 1. The van der Waals surface area contributed by atoms with Crippen molar-refractivity contribution in [2.75, 3.05) is 7.05 Å². The van der Waals surface area contributed by atoms with Crippen LogP contribution in [0.3, 0.4) is 0 Å². The molecule has 3 N–H and O–H groups in total. The monoisotopic (exact) mass is 291 g/mol. The third kappa shape index (κ3) is 4.85. The van der Waals surface area contributed by atoms with Crippen LogP contribution in [0.1, 0.15) is 58.7 Å². The quantitative estimate of drug-likeness (QED) is 0.859. The average molecular weight is 291 g/mol. The second-order valence-corrected chi connectivity index (χ2v) is 7.24. The Kier molecular flexibility index (Phi) is 5.97. The third-order valence-corrected chi connectivity index (χ3v) is 4.04. The Bertz CT molecular complexity index is 457. The summed E-state index contributed by atoms with van der Waals surface area (Å²) in [6, 6.07) is 9.05. The second-order valence-electron chi connectivity index (χ2n) is 7.24. The van der Waals surface area contributed by atoms with E-state index in [2.05, 4.69) is 69.5 Å². The van der Waals surface area contributed by atoms with Crippen molar-refractivity contribution in [2.45, 2.75) is 59.0 Å². The van der Waals surface area contributed by atoms with Crippen LogP contribution in [0, 0.1) is 5.92 Å². The van der Waals surface area contributed by atoms with Crippen LogP contribution in [-0.2, 0) is 10.2 Å². The maximum Gasteiger partial charge on any atom is 0.277 e. The maximum absolute atomic E-state index is 11.7. The van der Waals surface area contributed by atoms with Crippen LogP contribution in [0.5, 0.6) is 0 Å². The van der Waals surface area contributed by atoms with Crippen molar-refractivity contribution in [3.05, 3.63) is 35.4 Å². The first kappa shape index (κ1) is 17.7. The number of likely N-dealkylation sites (N-methyl/N-ethyl adjacent to an activating group) is 1. The zero-order valence-electron chi connectivity index (χ0n) is 14.5. The van der Waals surface area contributed by atoms with E-state index < -0.39 is 0 Å². The molecule has 21 heavy (non-hydrogen) atoms. The minimum atomic E-state index is -0.0790. The number of hydrogen-bond acceptors (Lipinski definition) is 1. The smallest absolute Gasteiger partial charge is 0.277 e. The highest BCUT2D eigenvalue weighted by Gasteiger charge is 2.25. The Morgan fingerprint density at radius 2 is 1.62 bits per heavy atom. The van der Waals surface area contributed by atoms with Crippen LogP contribution in [0.4, 0.5) is 0 Å². The molecule has 2 atom stereocenters. The summed E-state index contributed by atoms with van der Waals surface area (Å²) < 4.78 is 0. The molecule has 118 valence electrons. The molecule has 1 aromatic carbocycles. The van der Waals surface area contributed by atoms with Gasteiger partial charge >= 0.3 is 0 Å². The predicted molar refractivity (Wildman–Crippen MR) is 88.2 cm³/mol. The molecule has 0 aromatic heterocycles. The second kappa shape index (κ2) is 7.08. The molecule has 0 aliphatic heterocycles. The zero-order chi connectivity index (χ0) is 16.2. The van der Waals surface area contributed by atoms with Crippen molar-refractivity contribution in [1.82, 2.24) is 5.32 Å². The van der Waals surface area contributed by atoms with Crippen molar-refractivity contribution >= 4 is 5.91 Å². The highest BCUT2D eigenvalue weighted by atomic mass is 16.2. The third-order valence-electron chi connectivity index (χ3n) is 4.04. The van der Waals surface area contributed by atoms with E-state index in [4.69, 9.17) is 0 Å². The molecule has 0 aliphatic carbocycles. The standard InChI is InChI=1S/C18H30N2O/c1-12(2)16(20-13(3)17(21)19-7)14-8-10-15(11-9-14)18(4,5)6/h8-13,16,20H,1-7H3,(H,19,21)/p+1/t13-,16-/m1/s1. The number of hydrogen-bond donors (Lipinski definition) is 2. The van der Waals surface area contributed by atoms with Crippen molar-refractivity contribution in [1.29, 1.82) is 0 Å². The van der Waals surface area contributed by atoms with Crippen molar-refractivity contribution in [3.63, 3.8) is 0 Å². The van der Waals surface area contributed by atoms with Crippen LogP contribution in [0.2, 0.25) is 0 Å². The minimum Gasteiger partial charge on any atom is -0.354 e. The van der Waals surface area contributed by atoms with Gasteiger partial charge in [0, 0.05) is 18.5 Å². The molecule has 0 saturated carbocycles. The SMILES string of the molecule is CNC(=O)[C@@H](C)[NH2+][C@@H](c1ccc(C(C)(C)C)cc1)C(C)C. The summed E-state index contributed by atoms with van der Waals surface area (Å²) in [5, 5.41) is 4.88. The van der Waals surface area contributed by atoms with E-state index in [-0.39, 0.29) is 17.4 Å². The normalized spacial score (nSPS) is 14.9. The molecule has 0 spiro atoms. The summed E-state index contributed by atoms with van der Waals surface area (Å²) in [5.41, 5.74) is 2.80. The lowest BCUT2D eigenvalue weighted by Crippen LogP contribution is -2.93. The van der Waals surface area contributed by atoms with Gasteiger partial charge in [-0.3, -0.25) is 4.79 Å². The number of nitrogens with two attached hydrogens (primary N) is 1. The Morgan fingerprint density at radius 1 is 1.10 bits per heavy atom. The molecular formula is C18H31N2O+. The van der Waals surface area contributed by atoms with Gasteiger partial charge in [0.2, 0.25) is 0 Å². The van der Waals surface area contributed by atoms with E-state index in [0.717, 1.165) is 0 Å². The number of benzene rings is 1. The zero-order valence-corrected chi connectivity index (χ0v) is 14.5. The van der Waals surface area contributed by atoms with Gasteiger partial charge in [0.05, 0.1) is 0 Å². The van der Waals surface area contributed by atoms with Crippen LogP contribution in [-0.4, -0.2) is 19.0 Å². The van der Waals surface area contributed by atoms with Gasteiger partial charge in [-0.05, 0) is 17.9 Å². The Balaban J connectivity index is 2.94. The lowest BCUT2D eigenvalue weighted by Gasteiger charge is -2.24. The van der Waals surface area contributed by atoms with Crippen molar-refractivity contribution < 1.29 is 10.1 Å². The molecule has 0 saturated heterocycles. The Morgan fingerprint density at radius 3 is 2.00 bits per heavy atom. The number of nitrogens with one attached hydrogen (secondary N) is 1. The molecule has 0 bridgehead atoms. The van der Waals surface area contributed by atoms with Gasteiger partial charge in [0.15, 0.2) is 6.04 Å². The molecule has 3 nitrogen and oxygen atoms in total. The first-order valence-corrected chi connectivity index (χ1v) is 7.83. The maximum atomic E-state index is 11.7. The highest BCUT2D eigenvalue weighted by Crippen LogP contribution is 2.25. The molecule has 1 rings (SSSR count). The Hall–Kier alpha value is -1.35. The summed E-state index contributed by atoms with van der Waals surface area (Å²) in [7, 11) is 1.69. The lowest BCUT2D eigenvalue weighted by atomic mass is 9.85. The van der Waals surface area contributed by atoms with E-state index in [9.17, 15) is 4.79 Å². The first-order chi connectivity index (χ1) is 9.66. The number of rotatable bonds is 5. The van der Waals surface area contributed by atoms with Gasteiger partial charge < -0.3 is 10.6 Å². The number of quaternary nitrogens is 1. The summed E-state index contributed by atoms with van der Waals surface area (Å²) in [6.07, 6.45) is 0. The molecule has 0 heterocycles. The van der Waals surface area contributed by atoms with E-state index >= 15 is 0 Å².